The Hall–Kier alpha value is -2.16. The second kappa shape index (κ2) is 5.98. The lowest BCUT2D eigenvalue weighted by Gasteiger charge is -2.28. The van der Waals surface area contributed by atoms with Gasteiger partial charge < -0.3 is 14.2 Å². The predicted molar refractivity (Wildman–Crippen MR) is 83.1 cm³/mol. The van der Waals surface area contributed by atoms with Gasteiger partial charge in [0.1, 0.15) is 11.4 Å². The van der Waals surface area contributed by atoms with E-state index in [1.165, 1.54) is 7.11 Å². The molecule has 0 amide bonds. The summed E-state index contributed by atoms with van der Waals surface area (Å²) in [6.07, 6.45) is -3.16. The van der Waals surface area contributed by atoms with Gasteiger partial charge in [-0.1, -0.05) is 11.2 Å². The van der Waals surface area contributed by atoms with Crippen LogP contribution in [0.15, 0.2) is 28.9 Å². The first-order valence-electron chi connectivity index (χ1n) is 7.82. The minimum Gasteiger partial charge on any atom is -0.371 e. The normalized spacial score (nSPS) is 21.8. The average molecular weight is 356 g/mol. The molecule has 3 heterocycles. The zero-order valence-electron chi connectivity index (χ0n) is 14.2. The molecule has 0 spiro atoms. The maximum atomic E-state index is 14.0. The van der Waals surface area contributed by atoms with Crippen LogP contribution in [-0.4, -0.2) is 41.5 Å². The Labute approximate surface area is 143 Å². The Morgan fingerprint density at radius 3 is 2.64 bits per heavy atom. The number of alkyl halides is 3. The van der Waals surface area contributed by atoms with Gasteiger partial charge in [0.25, 0.3) is 0 Å². The number of methoxy groups -OCH3 is 1. The van der Waals surface area contributed by atoms with E-state index in [-0.39, 0.29) is 25.3 Å². The van der Waals surface area contributed by atoms with Crippen molar-refractivity contribution >= 4 is 5.82 Å². The highest BCUT2D eigenvalue weighted by Crippen LogP contribution is 2.48. The number of aromatic nitrogens is 3. The van der Waals surface area contributed by atoms with Crippen LogP contribution in [0.3, 0.4) is 0 Å². The van der Waals surface area contributed by atoms with Crippen LogP contribution in [0.5, 0.6) is 0 Å². The quantitative estimate of drug-likeness (QED) is 0.839. The van der Waals surface area contributed by atoms with E-state index in [4.69, 9.17) is 9.26 Å². The third-order valence-corrected chi connectivity index (χ3v) is 4.67. The van der Waals surface area contributed by atoms with Gasteiger partial charge >= 0.3 is 6.18 Å². The molecule has 0 N–H and O–H groups in total. The van der Waals surface area contributed by atoms with E-state index < -0.39 is 23.1 Å². The van der Waals surface area contributed by atoms with Crippen molar-refractivity contribution in [3.8, 4) is 0 Å². The Balaban J connectivity index is 1.97. The third kappa shape index (κ3) is 2.97. The Morgan fingerprint density at radius 1 is 1.28 bits per heavy atom. The van der Waals surface area contributed by atoms with Crippen molar-refractivity contribution in [2.45, 2.75) is 37.5 Å². The van der Waals surface area contributed by atoms with Crippen LogP contribution in [0.1, 0.15) is 32.0 Å². The average Bonchev–Trinajstić information content (AvgIpc) is 3.23. The smallest absolute Gasteiger partial charge is 0.371 e. The lowest BCUT2D eigenvalue weighted by molar-refractivity contribution is -0.191. The Morgan fingerprint density at radius 2 is 2.04 bits per heavy atom. The van der Waals surface area contributed by atoms with Crippen LogP contribution >= 0.6 is 0 Å². The van der Waals surface area contributed by atoms with Gasteiger partial charge in [-0.2, -0.15) is 18.2 Å². The van der Waals surface area contributed by atoms with Crippen molar-refractivity contribution < 1.29 is 22.4 Å². The van der Waals surface area contributed by atoms with Crippen LogP contribution in [0.2, 0.25) is 0 Å². The second-order valence-electron chi connectivity index (χ2n) is 6.58. The summed E-state index contributed by atoms with van der Waals surface area (Å²) in [5.41, 5.74) is -3.16. The molecule has 1 fully saturated rings. The highest BCUT2D eigenvalue weighted by atomic mass is 19.4. The van der Waals surface area contributed by atoms with Crippen molar-refractivity contribution in [3.05, 3.63) is 36.1 Å². The largest absolute Gasteiger partial charge is 0.405 e. The van der Waals surface area contributed by atoms with Gasteiger partial charge in [-0.15, -0.1) is 0 Å². The van der Waals surface area contributed by atoms with Gasteiger partial charge in [0.2, 0.25) is 11.7 Å². The number of hydrogen-bond donors (Lipinski definition) is 0. The fraction of sp³-hybridized carbons (Fsp3) is 0.562. The minimum atomic E-state index is -4.53. The first-order valence-corrected chi connectivity index (χ1v) is 7.82. The second-order valence-corrected chi connectivity index (χ2v) is 6.58. The first kappa shape index (κ1) is 17.7. The van der Waals surface area contributed by atoms with Crippen molar-refractivity contribution in [2.75, 3.05) is 25.1 Å². The number of hydrogen-bond acceptors (Lipinski definition) is 6. The van der Waals surface area contributed by atoms with Crippen LogP contribution in [0.4, 0.5) is 19.0 Å². The topological polar surface area (TPSA) is 64.3 Å². The molecular weight excluding hydrogens is 337 g/mol. The van der Waals surface area contributed by atoms with Crippen molar-refractivity contribution in [3.63, 3.8) is 0 Å². The van der Waals surface area contributed by atoms with Crippen LogP contribution in [0.25, 0.3) is 0 Å². The van der Waals surface area contributed by atoms with Crippen molar-refractivity contribution in [2.24, 2.45) is 0 Å². The molecule has 136 valence electrons. The summed E-state index contributed by atoms with van der Waals surface area (Å²) >= 11 is 0. The monoisotopic (exact) mass is 356 g/mol. The van der Waals surface area contributed by atoms with E-state index in [0.29, 0.717) is 5.82 Å². The van der Waals surface area contributed by atoms with E-state index in [0.717, 1.165) is 0 Å². The molecule has 0 aromatic carbocycles. The number of ether oxygens (including phenoxy) is 1. The lowest BCUT2D eigenvalue weighted by atomic mass is 9.86. The molecule has 25 heavy (non-hydrogen) atoms. The zero-order chi connectivity index (χ0) is 18.3. The van der Waals surface area contributed by atoms with Crippen molar-refractivity contribution in [1.82, 2.24) is 15.1 Å². The number of anilines is 1. The molecule has 1 unspecified atom stereocenters. The van der Waals surface area contributed by atoms with Gasteiger partial charge in [0.15, 0.2) is 5.41 Å². The fourth-order valence-corrected chi connectivity index (χ4v) is 2.83. The van der Waals surface area contributed by atoms with E-state index in [9.17, 15) is 13.2 Å². The summed E-state index contributed by atoms with van der Waals surface area (Å²) in [4.78, 5) is 9.75. The predicted octanol–water partition coefficient (Wildman–Crippen LogP) is 3.06. The SMILES string of the molecule is COC(C)(C)c1noc(C2(C(F)(F)F)CCN(c3ccccn3)C2)n1. The summed E-state index contributed by atoms with van der Waals surface area (Å²) in [5.74, 6) is 0.147. The molecular formula is C16H19F3N4O2. The van der Waals surface area contributed by atoms with E-state index >= 15 is 0 Å². The molecule has 0 radical (unpaired) electrons. The van der Waals surface area contributed by atoms with E-state index in [2.05, 4.69) is 15.1 Å². The van der Waals surface area contributed by atoms with E-state index in [1.54, 1.807) is 43.1 Å². The fourth-order valence-electron chi connectivity index (χ4n) is 2.83. The number of nitrogens with zero attached hydrogens (tertiary/aromatic N) is 4. The Bertz CT molecular complexity index is 732. The molecule has 0 aliphatic carbocycles. The summed E-state index contributed by atoms with van der Waals surface area (Å²) < 4.78 is 52.2. The molecule has 6 nitrogen and oxygen atoms in total. The minimum absolute atomic E-state index is 0.0879. The van der Waals surface area contributed by atoms with Crippen LogP contribution < -0.4 is 4.90 Å². The highest BCUT2D eigenvalue weighted by molar-refractivity contribution is 5.42. The third-order valence-electron chi connectivity index (χ3n) is 4.67. The molecule has 2 aromatic rings. The van der Waals surface area contributed by atoms with Gasteiger partial charge in [-0.25, -0.2) is 4.98 Å². The number of pyridine rings is 1. The van der Waals surface area contributed by atoms with Gasteiger partial charge in [-0.05, 0) is 32.4 Å². The molecule has 2 aromatic heterocycles. The molecule has 9 heteroatoms. The highest BCUT2D eigenvalue weighted by Gasteiger charge is 2.63. The maximum Gasteiger partial charge on any atom is 0.405 e. The maximum absolute atomic E-state index is 14.0. The molecule has 0 saturated carbocycles. The number of halogens is 3. The van der Waals surface area contributed by atoms with Gasteiger partial charge in [-0.3, -0.25) is 0 Å². The summed E-state index contributed by atoms with van der Waals surface area (Å²) in [7, 11) is 1.44. The molecule has 3 rings (SSSR count). The summed E-state index contributed by atoms with van der Waals surface area (Å²) in [5, 5.41) is 3.71. The first-order chi connectivity index (χ1) is 11.7. The van der Waals surface area contributed by atoms with Crippen molar-refractivity contribution in [1.29, 1.82) is 0 Å². The molecule has 0 bridgehead atoms. The van der Waals surface area contributed by atoms with E-state index in [1.807, 2.05) is 0 Å². The molecule has 1 saturated heterocycles. The van der Waals surface area contributed by atoms with Crippen LogP contribution in [0, 0.1) is 0 Å². The molecule has 1 aliphatic rings. The van der Waals surface area contributed by atoms with Gasteiger partial charge in [0, 0.05) is 26.4 Å². The number of rotatable bonds is 4. The lowest BCUT2D eigenvalue weighted by Crippen LogP contribution is -2.45. The zero-order valence-corrected chi connectivity index (χ0v) is 14.2. The standard InChI is InChI=1S/C16H19F3N4O2/c1-14(2,24-3)12-21-13(25-22-12)15(16(17,18)19)7-9-23(10-15)11-6-4-5-8-20-11/h4-6,8H,7,9-10H2,1-3H3. The Kier molecular flexibility index (Phi) is 4.22. The van der Waals surface area contributed by atoms with Gasteiger partial charge in [0.05, 0.1) is 0 Å². The van der Waals surface area contributed by atoms with Crippen LogP contribution in [-0.2, 0) is 15.8 Å². The molecule has 1 aliphatic heterocycles. The molecule has 1 atom stereocenters. The summed E-state index contributed by atoms with van der Waals surface area (Å²) in [6, 6.07) is 5.13. The summed E-state index contributed by atoms with van der Waals surface area (Å²) in [6.45, 7) is 3.21.